The van der Waals surface area contributed by atoms with Gasteiger partial charge in [-0.2, -0.15) is 4.98 Å². The molecule has 0 unspecified atom stereocenters. The summed E-state index contributed by atoms with van der Waals surface area (Å²) in [7, 11) is 1.75. The molecule has 1 aromatic heterocycles. The van der Waals surface area contributed by atoms with Gasteiger partial charge in [0.2, 0.25) is 0 Å². The Hall–Kier alpha value is -1.18. The van der Waals surface area contributed by atoms with E-state index in [-0.39, 0.29) is 5.82 Å². The fourth-order valence-corrected chi connectivity index (χ4v) is 2.42. The molecule has 0 bridgehead atoms. The van der Waals surface area contributed by atoms with E-state index >= 15 is 0 Å². The van der Waals surface area contributed by atoms with Gasteiger partial charge in [0.05, 0.1) is 12.2 Å². The van der Waals surface area contributed by atoms with Crippen LogP contribution in [-0.4, -0.2) is 21.4 Å². The molecule has 6 heteroatoms. The molecule has 0 saturated heterocycles. The third kappa shape index (κ3) is 2.79. The van der Waals surface area contributed by atoms with Crippen molar-refractivity contribution in [2.24, 2.45) is 13.0 Å². The maximum Gasteiger partial charge on any atom is 0.336 e. The molecule has 0 atom stereocenters. The van der Waals surface area contributed by atoms with E-state index in [9.17, 15) is 4.39 Å². The van der Waals surface area contributed by atoms with Crippen molar-refractivity contribution in [1.29, 1.82) is 0 Å². The standard InChI is InChI=1S/C14H15FIN3O/c1-8-5-11(15)10(6-12(8)16)13-17-14(18-19(13)2)20-7-9-3-4-9/h5-6,9H,3-4,7H2,1-2H3. The van der Waals surface area contributed by atoms with E-state index in [1.165, 1.54) is 18.9 Å². The van der Waals surface area contributed by atoms with Gasteiger partial charge in [0.1, 0.15) is 5.82 Å². The average Bonchev–Trinajstić information content (AvgIpc) is 3.15. The number of rotatable bonds is 4. The predicted molar refractivity (Wildman–Crippen MR) is 82.1 cm³/mol. The van der Waals surface area contributed by atoms with Crippen LogP contribution < -0.4 is 4.74 Å². The number of halogens is 2. The number of benzene rings is 1. The van der Waals surface area contributed by atoms with Gasteiger partial charge in [0, 0.05) is 10.6 Å². The van der Waals surface area contributed by atoms with E-state index in [0.29, 0.717) is 29.9 Å². The molecule has 4 nitrogen and oxygen atoms in total. The summed E-state index contributed by atoms with van der Waals surface area (Å²) in [5.74, 6) is 0.845. The highest BCUT2D eigenvalue weighted by Crippen LogP contribution is 2.30. The zero-order chi connectivity index (χ0) is 14.3. The summed E-state index contributed by atoms with van der Waals surface area (Å²) in [4.78, 5) is 4.30. The summed E-state index contributed by atoms with van der Waals surface area (Å²) in [6, 6.07) is 3.64. The first-order chi connectivity index (χ1) is 9.54. The lowest BCUT2D eigenvalue weighted by molar-refractivity contribution is 0.276. The monoisotopic (exact) mass is 387 g/mol. The number of aromatic nitrogens is 3. The molecular weight excluding hydrogens is 372 g/mol. The van der Waals surface area contributed by atoms with Crippen LogP contribution in [0.4, 0.5) is 4.39 Å². The van der Waals surface area contributed by atoms with Crippen molar-refractivity contribution in [3.63, 3.8) is 0 Å². The van der Waals surface area contributed by atoms with Crippen LogP contribution in [0.3, 0.4) is 0 Å². The van der Waals surface area contributed by atoms with Crippen LogP contribution in [-0.2, 0) is 7.05 Å². The van der Waals surface area contributed by atoms with Crippen molar-refractivity contribution in [3.8, 4) is 17.4 Å². The summed E-state index contributed by atoms with van der Waals surface area (Å²) < 4.78 is 22.2. The third-order valence-electron chi connectivity index (χ3n) is 3.38. The van der Waals surface area contributed by atoms with Gasteiger partial charge in [-0.05, 0) is 66.0 Å². The lowest BCUT2D eigenvalue weighted by Crippen LogP contribution is -2.00. The molecule has 1 aliphatic rings. The van der Waals surface area contributed by atoms with Crippen molar-refractivity contribution in [3.05, 3.63) is 27.1 Å². The predicted octanol–water partition coefficient (Wildman–Crippen LogP) is 3.32. The molecule has 0 N–H and O–H groups in total. The Morgan fingerprint density at radius 1 is 1.45 bits per heavy atom. The van der Waals surface area contributed by atoms with E-state index in [0.717, 1.165) is 9.13 Å². The molecule has 2 aromatic rings. The minimum atomic E-state index is -0.285. The Bertz CT molecular complexity index is 652. The van der Waals surface area contributed by atoms with Gasteiger partial charge < -0.3 is 4.74 Å². The summed E-state index contributed by atoms with van der Waals surface area (Å²) in [5, 5.41) is 4.19. The summed E-state index contributed by atoms with van der Waals surface area (Å²) in [6.07, 6.45) is 2.43. The highest BCUT2D eigenvalue weighted by atomic mass is 127. The van der Waals surface area contributed by atoms with Crippen molar-refractivity contribution in [1.82, 2.24) is 14.8 Å². The number of hydrogen-bond donors (Lipinski definition) is 0. The lowest BCUT2D eigenvalue weighted by Gasteiger charge is -2.05. The topological polar surface area (TPSA) is 39.9 Å². The summed E-state index contributed by atoms with van der Waals surface area (Å²) >= 11 is 2.19. The number of hydrogen-bond acceptors (Lipinski definition) is 3. The van der Waals surface area contributed by atoms with Crippen LogP contribution in [0.2, 0.25) is 0 Å². The van der Waals surface area contributed by atoms with Gasteiger partial charge in [-0.25, -0.2) is 9.07 Å². The number of ether oxygens (including phenoxy) is 1. The third-order valence-corrected chi connectivity index (χ3v) is 4.54. The zero-order valence-corrected chi connectivity index (χ0v) is 13.5. The van der Waals surface area contributed by atoms with Gasteiger partial charge in [-0.1, -0.05) is 0 Å². The smallest absolute Gasteiger partial charge is 0.336 e. The molecule has 0 amide bonds. The van der Waals surface area contributed by atoms with Gasteiger partial charge in [-0.3, -0.25) is 0 Å². The Morgan fingerprint density at radius 3 is 2.90 bits per heavy atom. The quantitative estimate of drug-likeness (QED) is 0.756. The second kappa shape index (κ2) is 5.31. The number of aryl methyl sites for hydroxylation is 2. The molecule has 20 heavy (non-hydrogen) atoms. The Labute approximate surface area is 130 Å². The minimum absolute atomic E-state index is 0.285. The molecule has 1 aliphatic carbocycles. The molecular formula is C14H15FIN3O. The molecule has 1 heterocycles. The zero-order valence-electron chi connectivity index (χ0n) is 11.4. The molecule has 3 rings (SSSR count). The molecule has 1 aromatic carbocycles. The van der Waals surface area contributed by atoms with Crippen molar-refractivity contribution in [2.45, 2.75) is 19.8 Å². The fraction of sp³-hybridized carbons (Fsp3) is 0.429. The van der Waals surface area contributed by atoms with Gasteiger partial charge in [0.25, 0.3) is 0 Å². The maximum absolute atomic E-state index is 14.1. The van der Waals surface area contributed by atoms with E-state index in [2.05, 4.69) is 32.7 Å². The van der Waals surface area contributed by atoms with Crippen LogP contribution in [0.25, 0.3) is 11.4 Å². The first kappa shape index (κ1) is 13.8. The Kier molecular flexibility index (Phi) is 3.66. The SMILES string of the molecule is Cc1cc(F)c(-c2nc(OCC3CC3)nn2C)cc1I. The Balaban J connectivity index is 1.90. The van der Waals surface area contributed by atoms with Crippen molar-refractivity contribution >= 4 is 22.6 Å². The second-order valence-electron chi connectivity index (χ2n) is 5.18. The maximum atomic E-state index is 14.1. The first-order valence-corrected chi connectivity index (χ1v) is 7.62. The molecule has 0 radical (unpaired) electrons. The van der Waals surface area contributed by atoms with Crippen molar-refractivity contribution in [2.75, 3.05) is 6.61 Å². The summed E-state index contributed by atoms with van der Waals surface area (Å²) in [6.45, 7) is 2.53. The van der Waals surface area contributed by atoms with Gasteiger partial charge >= 0.3 is 6.01 Å². The van der Waals surface area contributed by atoms with Crippen molar-refractivity contribution < 1.29 is 9.13 Å². The minimum Gasteiger partial charge on any atom is -0.462 e. The van der Waals surface area contributed by atoms with Gasteiger partial charge in [-0.15, -0.1) is 5.10 Å². The van der Waals surface area contributed by atoms with Crippen LogP contribution in [0, 0.1) is 22.2 Å². The first-order valence-electron chi connectivity index (χ1n) is 6.54. The molecule has 1 saturated carbocycles. The van der Waals surface area contributed by atoms with Crippen LogP contribution >= 0.6 is 22.6 Å². The lowest BCUT2D eigenvalue weighted by atomic mass is 10.1. The number of nitrogens with zero attached hydrogens (tertiary/aromatic N) is 3. The molecule has 1 fully saturated rings. The highest BCUT2D eigenvalue weighted by Gasteiger charge is 2.23. The van der Waals surface area contributed by atoms with Gasteiger partial charge in [0.15, 0.2) is 5.82 Å². The van der Waals surface area contributed by atoms with E-state index < -0.39 is 0 Å². The molecule has 0 spiro atoms. The average molecular weight is 387 g/mol. The second-order valence-corrected chi connectivity index (χ2v) is 6.34. The molecule has 0 aliphatic heterocycles. The van der Waals surface area contributed by atoms with Crippen LogP contribution in [0.1, 0.15) is 18.4 Å². The Morgan fingerprint density at radius 2 is 2.20 bits per heavy atom. The largest absolute Gasteiger partial charge is 0.462 e. The fourth-order valence-electron chi connectivity index (χ4n) is 1.95. The van der Waals surface area contributed by atoms with E-state index in [4.69, 9.17) is 4.74 Å². The normalized spacial score (nSPS) is 14.6. The molecule has 106 valence electrons. The van der Waals surface area contributed by atoms with E-state index in [1.54, 1.807) is 17.8 Å². The highest BCUT2D eigenvalue weighted by molar-refractivity contribution is 14.1. The van der Waals surface area contributed by atoms with Crippen LogP contribution in [0.5, 0.6) is 6.01 Å². The summed E-state index contributed by atoms with van der Waals surface area (Å²) in [5.41, 5.74) is 1.37. The van der Waals surface area contributed by atoms with E-state index in [1.807, 2.05) is 6.92 Å². The van der Waals surface area contributed by atoms with Crippen LogP contribution in [0.15, 0.2) is 12.1 Å².